The van der Waals surface area contributed by atoms with Gasteiger partial charge in [-0.15, -0.1) is 0 Å². The highest BCUT2D eigenvalue weighted by molar-refractivity contribution is 9.10. The first kappa shape index (κ1) is 24.8. The van der Waals surface area contributed by atoms with E-state index < -0.39 is 0 Å². The first-order valence-electron chi connectivity index (χ1n) is 12.3. The van der Waals surface area contributed by atoms with Gasteiger partial charge in [0.1, 0.15) is 6.54 Å². The Kier molecular flexibility index (Phi) is 7.34. The molecule has 2 aliphatic rings. The Bertz CT molecular complexity index is 1350. The number of amides is 3. The van der Waals surface area contributed by atoms with Crippen LogP contribution in [-0.2, 0) is 22.6 Å². The third kappa shape index (κ3) is 5.15. The van der Waals surface area contributed by atoms with Crippen molar-refractivity contribution in [1.82, 2.24) is 14.4 Å². The number of rotatable bonds is 6. The standard InChI is InChI=1S/C28H28BrN3O3S/c1-19-7-5-6-13-31(19)26(33)18-30-17-21(23-16-22(29)10-11-24(23)30)15-25-27(34)32(28(35)36-25)14-12-20-8-3-2-4-9-20/h2-4,8-11,15-17,19H,5-7,12-14,18H2,1H3/b25-15-/t19-/m1/s1. The van der Waals surface area contributed by atoms with Crippen LogP contribution in [0.4, 0.5) is 4.79 Å². The lowest BCUT2D eigenvalue weighted by atomic mass is 10.0. The maximum atomic E-state index is 13.1. The van der Waals surface area contributed by atoms with Gasteiger partial charge in [-0.1, -0.05) is 46.3 Å². The van der Waals surface area contributed by atoms with E-state index in [2.05, 4.69) is 22.9 Å². The zero-order valence-electron chi connectivity index (χ0n) is 20.2. The van der Waals surface area contributed by atoms with Crippen LogP contribution in [0.5, 0.6) is 0 Å². The van der Waals surface area contributed by atoms with Crippen molar-refractivity contribution < 1.29 is 14.4 Å². The van der Waals surface area contributed by atoms with Crippen molar-refractivity contribution in [1.29, 1.82) is 0 Å². The number of imide groups is 1. The van der Waals surface area contributed by atoms with E-state index in [4.69, 9.17) is 0 Å². The third-order valence-corrected chi connectivity index (χ3v) is 8.33. The molecule has 6 nitrogen and oxygen atoms in total. The molecule has 1 aromatic heterocycles. The molecule has 3 aromatic rings. The van der Waals surface area contributed by atoms with Crippen LogP contribution >= 0.6 is 27.7 Å². The molecule has 2 fully saturated rings. The van der Waals surface area contributed by atoms with E-state index in [1.165, 1.54) is 4.90 Å². The van der Waals surface area contributed by atoms with E-state index in [0.717, 1.165) is 64.1 Å². The summed E-state index contributed by atoms with van der Waals surface area (Å²) in [5.41, 5.74) is 2.83. The molecule has 1 atom stereocenters. The topological polar surface area (TPSA) is 62.6 Å². The number of hydrogen-bond donors (Lipinski definition) is 0. The van der Waals surface area contributed by atoms with E-state index >= 15 is 0 Å². The van der Waals surface area contributed by atoms with Crippen molar-refractivity contribution in [2.45, 2.75) is 45.2 Å². The van der Waals surface area contributed by atoms with Gasteiger partial charge in [0, 0.05) is 46.3 Å². The van der Waals surface area contributed by atoms with Crippen molar-refractivity contribution in [3.63, 3.8) is 0 Å². The molecule has 36 heavy (non-hydrogen) atoms. The van der Waals surface area contributed by atoms with Crippen molar-refractivity contribution in [2.75, 3.05) is 13.1 Å². The Hall–Kier alpha value is -2.84. The van der Waals surface area contributed by atoms with Gasteiger partial charge in [-0.2, -0.15) is 0 Å². The second-order valence-corrected chi connectivity index (χ2v) is 11.3. The summed E-state index contributed by atoms with van der Waals surface area (Å²) in [6.45, 7) is 3.51. The minimum atomic E-state index is -0.268. The highest BCUT2D eigenvalue weighted by Gasteiger charge is 2.35. The second-order valence-electron chi connectivity index (χ2n) is 9.37. The van der Waals surface area contributed by atoms with Crippen LogP contribution in [0.2, 0.25) is 0 Å². The number of nitrogens with zero attached hydrogens (tertiary/aromatic N) is 3. The average Bonchev–Trinajstić information content (AvgIpc) is 3.33. The van der Waals surface area contributed by atoms with Crippen LogP contribution in [0.3, 0.4) is 0 Å². The smallest absolute Gasteiger partial charge is 0.293 e. The van der Waals surface area contributed by atoms with E-state index in [1.54, 1.807) is 6.08 Å². The minimum absolute atomic E-state index is 0.106. The molecule has 186 valence electrons. The van der Waals surface area contributed by atoms with Crippen molar-refractivity contribution in [2.24, 2.45) is 0 Å². The molecular weight excluding hydrogens is 538 g/mol. The molecular formula is C28H28BrN3O3S. The van der Waals surface area contributed by atoms with Gasteiger partial charge in [0.15, 0.2) is 0 Å². The fourth-order valence-corrected chi connectivity index (χ4v) is 6.18. The lowest BCUT2D eigenvalue weighted by Gasteiger charge is -2.33. The van der Waals surface area contributed by atoms with Gasteiger partial charge >= 0.3 is 0 Å². The fourth-order valence-electron chi connectivity index (χ4n) is 4.97. The Morgan fingerprint density at radius 2 is 1.94 bits per heavy atom. The normalized spacial score (nSPS) is 19.6. The predicted molar refractivity (Wildman–Crippen MR) is 147 cm³/mol. The molecule has 2 aromatic carbocycles. The summed E-state index contributed by atoms with van der Waals surface area (Å²) < 4.78 is 2.87. The SMILES string of the molecule is C[C@@H]1CCCCN1C(=O)Cn1cc(/C=C2\SC(=O)N(CCc3ccccc3)C2=O)c2cc(Br)ccc21. The summed E-state index contributed by atoms with van der Waals surface area (Å²) in [5.74, 6) is -0.162. The number of hydrogen-bond acceptors (Lipinski definition) is 4. The maximum Gasteiger partial charge on any atom is 0.293 e. The van der Waals surface area contributed by atoms with Crippen molar-refractivity contribution in [3.8, 4) is 0 Å². The number of likely N-dealkylation sites (tertiary alicyclic amines) is 1. The average molecular weight is 567 g/mol. The molecule has 0 radical (unpaired) electrons. The number of thioether (sulfide) groups is 1. The number of fused-ring (bicyclic) bond motifs is 1. The van der Waals surface area contributed by atoms with E-state index in [0.29, 0.717) is 17.9 Å². The summed E-state index contributed by atoms with van der Waals surface area (Å²) in [6.07, 6.45) is 7.57. The molecule has 0 saturated carbocycles. The van der Waals surface area contributed by atoms with Gasteiger partial charge in [-0.05, 0) is 74.2 Å². The molecule has 0 N–H and O–H groups in total. The summed E-state index contributed by atoms with van der Waals surface area (Å²) in [7, 11) is 0. The highest BCUT2D eigenvalue weighted by Crippen LogP contribution is 2.35. The monoisotopic (exact) mass is 565 g/mol. The maximum absolute atomic E-state index is 13.1. The van der Waals surface area contributed by atoms with Crippen LogP contribution in [0, 0.1) is 0 Å². The van der Waals surface area contributed by atoms with Gasteiger partial charge in [0.05, 0.1) is 4.91 Å². The molecule has 0 spiro atoms. The molecule has 8 heteroatoms. The summed E-state index contributed by atoms with van der Waals surface area (Å²) in [5, 5.41) is 0.682. The van der Waals surface area contributed by atoms with Gasteiger partial charge in [-0.25, -0.2) is 0 Å². The Balaban J connectivity index is 1.40. The molecule has 5 rings (SSSR count). The number of piperidine rings is 1. The largest absolute Gasteiger partial charge is 0.338 e. The number of benzene rings is 2. The zero-order chi connectivity index (χ0) is 25.2. The summed E-state index contributed by atoms with van der Waals surface area (Å²) in [6, 6.07) is 16.0. The van der Waals surface area contributed by atoms with Gasteiger partial charge in [-0.3, -0.25) is 19.3 Å². The van der Waals surface area contributed by atoms with Crippen LogP contribution in [0.1, 0.15) is 37.3 Å². The minimum Gasteiger partial charge on any atom is -0.338 e. The number of halogens is 1. The molecule has 0 aliphatic carbocycles. The number of carbonyl (C=O) groups is 3. The van der Waals surface area contributed by atoms with Gasteiger partial charge < -0.3 is 9.47 Å². The highest BCUT2D eigenvalue weighted by atomic mass is 79.9. The quantitative estimate of drug-likeness (QED) is 0.339. The molecule has 3 heterocycles. The van der Waals surface area contributed by atoms with E-state index in [-0.39, 0.29) is 29.6 Å². The molecule has 0 bridgehead atoms. The third-order valence-electron chi connectivity index (χ3n) is 6.93. The predicted octanol–water partition coefficient (Wildman–Crippen LogP) is 6.08. The van der Waals surface area contributed by atoms with E-state index in [1.807, 2.05) is 64.2 Å². The number of aromatic nitrogens is 1. The molecule has 3 amide bonds. The van der Waals surface area contributed by atoms with Crippen molar-refractivity contribution in [3.05, 3.63) is 75.2 Å². The summed E-state index contributed by atoms with van der Waals surface area (Å²) in [4.78, 5) is 42.6. The second kappa shape index (κ2) is 10.6. The molecule has 2 saturated heterocycles. The lowest BCUT2D eigenvalue weighted by molar-refractivity contribution is -0.135. The molecule has 0 unspecified atom stereocenters. The van der Waals surface area contributed by atoms with Crippen LogP contribution in [-0.4, -0.2) is 50.6 Å². The summed E-state index contributed by atoms with van der Waals surface area (Å²) >= 11 is 4.52. The zero-order valence-corrected chi connectivity index (χ0v) is 22.6. The van der Waals surface area contributed by atoms with Gasteiger partial charge in [0.2, 0.25) is 5.91 Å². The number of carbonyl (C=O) groups excluding carboxylic acids is 3. The van der Waals surface area contributed by atoms with Crippen molar-refractivity contribution >= 4 is 61.7 Å². The first-order chi connectivity index (χ1) is 17.4. The fraction of sp³-hybridized carbons (Fsp3) is 0.321. The first-order valence-corrected chi connectivity index (χ1v) is 13.9. The van der Waals surface area contributed by atoms with Crippen LogP contribution in [0.15, 0.2) is 64.1 Å². The molecule has 2 aliphatic heterocycles. The van der Waals surface area contributed by atoms with Crippen LogP contribution in [0.25, 0.3) is 17.0 Å². The Morgan fingerprint density at radius 1 is 1.14 bits per heavy atom. The van der Waals surface area contributed by atoms with E-state index in [9.17, 15) is 14.4 Å². The van der Waals surface area contributed by atoms with Crippen LogP contribution < -0.4 is 0 Å². The Morgan fingerprint density at radius 3 is 2.72 bits per heavy atom. The Labute approximate surface area is 223 Å². The van der Waals surface area contributed by atoms with Gasteiger partial charge in [0.25, 0.3) is 11.1 Å². The lowest BCUT2D eigenvalue weighted by Crippen LogP contribution is -2.43.